The predicted octanol–water partition coefficient (Wildman–Crippen LogP) is 1.27. The highest BCUT2D eigenvalue weighted by atomic mass is 32.1. The number of amides is 2. The van der Waals surface area contributed by atoms with Gasteiger partial charge in [0.05, 0.1) is 11.5 Å². The van der Waals surface area contributed by atoms with E-state index in [0.717, 1.165) is 4.88 Å². The summed E-state index contributed by atoms with van der Waals surface area (Å²) in [5.41, 5.74) is 0.350. The molecule has 8 nitrogen and oxygen atoms in total. The van der Waals surface area contributed by atoms with Crippen molar-refractivity contribution < 1.29 is 14.3 Å². The van der Waals surface area contributed by atoms with Crippen molar-refractivity contribution in [3.8, 4) is 10.6 Å². The van der Waals surface area contributed by atoms with Crippen molar-refractivity contribution in [2.24, 2.45) is 0 Å². The van der Waals surface area contributed by atoms with E-state index in [2.05, 4.69) is 5.10 Å². The van der Waals surface area contributed by atoms with Crippen LogP contribution >= 0.6 is 11.3 Å². The van der Waals surface area contributed by atoms with Crippen molar-refractivity contribution in [2.45, 2.75) is 13.5 Å². The molecule has 9 heteroatoms. The van der Waals surface area contributed by atoms with Crippen molar-refractivity contribution in [1.82, 2.24) is 19.6 Å². The van der Waals surface area contributed by atoms with Crippen LogP contribution in [0.2, 0.25) is 0 Å². The molecule has 2 amide bonds. The molecule has 0 unspecified atom stereocenters. The van der Waals surface area contributed by atoms with Crippen LogP contribution in [0.3, 0.4) is 0 Å². The van der Waals surface area contributed by atoms with E-state index in [9.17, 15) is 14.4 Å². The smallest absolute Gasteiger partial charge is 0.409 e. The summed E-state index contributed by atoms with van der Waals surface area (Å²) in [5.74, 6) is -0.188. The molecule has 0 aliphatic carbocycles. The molecule has 2 aromatic rings. The molecule has 1 saturated heterocycles. The zero-order valence-electron chi connectivity index (χ0n) is 14.5. The summed E-state index contributed by atoms with van der Waals surface area (Å²) in [4.78, 5) is 40.4. The molecular weight excluding hydrogens is 356 g/mol. The van der Waals surface area contributed by atoms with Crippen LogP contribution in [-0.2, 0) is 16.1 Å². The second kappa shape index (κ2) is 8.13. The van der Waals surface area contributed by atoms with E-state index in [1.165, 1.54) is 22.1 Å². The lowest BCUT2D eigenvalue weighted by molar-refractivity contribution is -0.133. The molecule has 0 aromatic carbocycles. The second-order valence-corrected chi connectivity index (χ2v) is 6.71. The Kier molecular flexibility index (Phi) is 5.67. The molecule has 1 aliphatic rings. The van der Waals surface area contributed by atoms with Crippen LogP contribution in [0.1, 0.15) is 6.92 Å². The molecule has 0 radical (unpaired) electrons. The third kappa shape index (κ3) is 4.10. The largest absolute Gasteiger partial charge is 0.450 e. The van der Waals surface area contributed by atoms with Crippen LogP contribution < -0.4 is 5.56 Å². The molecule has 3 heterocycles. The van der Waals surface area contributed by atoms with Gasteiger partial charge in [0.15, 0.2) is 0 Å². The van der Waals surface area contributed by atoms with Crippen LogP contribution in [0.25, 0.3) is 10.6 Å². The van der Waals surface area contributed by atoms with Gasteiger partial charge in [0, 0.05) is 32.2 Å². The lowest BCUT2D eigenvalue weighted by Crippen LogP contribution is -2.51. The standard InChI is InChI=1S/C17H20N4O4S/c1-2-25-17(24)20-9-7-19(8-10-20)16(23)12-21-15(22)6-5-13(18-21)14-4-3-11-26-14/h3-6,11H,2,7-10,12H2,1H3. The van der Waals surface area contributed by atoms with Gasteiger partial charge in [-0.3, -0.25) is 9.59 Å². The van der Waals surface area contributed by atoms with Gasteiger partial charge in [0.2, 0.25) is 5.91 Å². The van der Waals surface area contributed by atoms with E-state index in [1.54, 1.807) is 22.8 Å². The van der Waals surface area contributed by atoms with E-state index in [-0.39, 0.29) is 24.1 Å². The number of rotatable bonds is 4. The SMILES string of the molecule is CCOC(=O)N1CCN(C(=O)Cn2nc(-c3cccs3)ccc2=O)CC1. The van der Waals surface area contributed by atoms with E-state index >= 15 is 0 Å². The van der Waals surface area contributed by atoms with Gasteiger partial charge in [-0.05, 0) is 24.4 Å². The Hall–Kier alpha value is -2.68. The van der Waals surface area contributed by atoms with Gasteiger partial charge in [0.1, 0.15) is 12.2 Å². The summed E-state index contributed by atoms with van der Waals surface area (Å²) in [5, 5.41) is 6.23. The van der Waals surface area contributed by atoms with Gasteiger partial charge in [-0.1, -0.05) is 6.07 Å². The zero-order chi connectivity index (χ0) is 18.5. The predicted molar refractivity (Wildman–Crippen MR) is 97.0 cm³/mol. The first-order chi connectivity index (χ1) is 12.6. The Balaban J connectivity index is 1.63. The Bertz CT molecular complexity index is 826. The first-order valence-electron chi connectivity index (χ1n) is 8.40. The van der Waals surface area contributed by atoms with E-state index in [0.29, 0.717) is 38.5 Å². The minimum Gasteiger partial charge on any atom is -0.450 e. The Labute approximate surface area is 154 Å². The first-order valence-corrected chi connectivity index (χ1v) is 9.28. The third-order valence-electron chi connectivity index (χ3n) is 4.08. The van der Waals surface area contributed by atoms with Crippen molar-refractivity contribution in [1.29, 1.82) is 0 Å². The number of carbonyl (C=O) groups is 2. The zero-order valence-corrected chi connectivity index (χ0v) is 15.3. The quantitative estimate of drug-likeness (QED) is 0.802. The molecule has 0 bridgehead atoms. The van der Waals surface area contributed by atoms with Crippen LogP contribution in [0.4, 0.5) is 4.79 Å². The number of hydrogen-bond donors (Lipinski definition) is 0. The molecule has 1 aliphatic heterocycles. The van der Waals surface area contributed by atoms with Crippen molar-refractivity contribution >= 4 is 23.3 Å². The van der Waals surface area contributed by atoms with Gasteiger partial charge in [-0.25, -0.2) is 9.48 Å². The van der Waals surface area contributed by atoms with Gasteiger partial charge in [0.25, 0.3) is 5.56 Å². The lowest BCUT2D eigenvalue weighted by Gasteiger charge is -2.34. The second-order valence-electron chi connectivity index (χ2n) is 5.76. The summed E-state index contributed by atoms with van der Waals surface area (Å²) in [6.07, 6.45) is -0.360. The molecule has 0 N–H and O–H groups in total. The minimum atomic E-state index is -0.360. The monoisotopic (exact) mass is 376 g/mol. The molecule has 0 saturated carbocycles. The van der Waals surface area contributed by atoms with Crippen molar-refractivity contribution in [2.75, 3.05) is 32.8 Å². The summed E-state index contributed by atoms with van der Waals surface area (Å²) < 4.78 is 6.16. The molecule has 26 heavy (non-hydrogen) atoms. The lowest BCUT2D eigenvalue weighted by atomic mass is 10.3. The van der Waals surface area contributed by atoms with Crippen LogP contribution in [0.5, 0.6) is 0 Å². The topological polar surface area (TPSA) is 84.7 Å². The fourth-order valence-corrected chi connectivity index (χ4v) is 3.39. The summed E-state index contributed by atoms with van der Waals surface area (Å²) >= 11 is 1.52. The number of carbonyl (C=O) groups excluding carboxylic acids is 2. The van der Waals surface area contributed by atoms with Gasteiger partial charge < -0.3 is 14.5 Å². The average molecular weight is 376 g/mol. The highest BCUT2D eigenvalue weighted by molar-refractivity contribution is 7.13. The molecule has 138 valence electrons. The number of piperazine rings is 1. The van der Waals surface area contributed by atoms with E-state index in [4.69, 9.17) is 4.74 Å². The number of nitrogens with zero attached hydrogens (tertiary/aromatic N) is 4. The Morgan fingerprint density at radius 1 is 1.15 bits per heavy atom. The summed E-state index contributed by atoms with van der Waals surface area (Å²) in [6, 6.07) is 6.91. The number of thiophene rings is 1. The Morgan fingerprint density at radius 3 is 2.54 bits per heavy atom. The van der Waals surface area contributed by atoms with Crippen LogP contribution in [-0.4, -0.2) is 64.4 Å². The maximum Gasteiger partial charge on any atom is 0.409 e. The fraction of sp³-hybridized carbons (Fsp3) is 0.412. The maximum atomic E-state index is 12.5. The normalized spacial score (nSPS) is 14.3. The summed E-state index contributed by atoms with van der Waals surface area (Å²) in [6.45, 7) is 3.63. The highest BCUT2D eigenvalue weighted by Gasteiger charge is 2.25. The van der Waals surface area contributed by atoms with E-state index in [1.807, 2.05) is 17.5 Å². The molecular formula is C17H20N4O4S. The molecule has 0 spiro atoms. The third-order valence-corrected chi connectivity index (χ3v) is 4.98. The summed E-state index contributed by atoms with van der Waals surface area (Å²) in [7, 11) is 0. The molecule has 0 atom stereocenters. The van der Waals surface area contributed by atoms with Gasteiger partial charge in [-0.2, -0.15) is 5.10 Å². The highest BCUT2D eigenvalue weighted by Crippen LogP contribution is 2.21. The minimum absolute atomic E-state index is 0.114. The van der Waals surface area contributed by atoms with E-state index < -0.39 is 0 Å². The number of aromatic nitrogens is 2. The molecule has 1 fully saturated rings. The molecule has 2 aromatic heterocycles. The first kappa shape index (κ1) is 18.1. The number of ether oxygens (including phenoxy) is 1. The fourth-order valence-electron chi connectivity index (χ4n) is 2.70. The van der Waals surface area contributed by atoms with Crippen LogP contribution in [0.15, 0.2) is 34.4 Å². The van der Waals surface area contributed by atoms with Crippen molar-refractivity contribution in [3.63, 3.8) is 0 Å². The van der Waals surface area contributed by atoms with Crippen molar-refractivity contribution in [3.05, 3.63) is 40.0 Å². The van der Waals surface area contributed by atoms with Gasteiger partial charge >= 0.3 is 6.09 Å². The molecule has 3 rings (SSSR count). The van der Waals surface area contributed by atoms with Crippen LogP contribution in [0, 0.1) is 0 Å². The number of hydrogen-bond acceptors (Lipinski definition) is 6. The van der Waals surface area contributed by atoms with Gasteiger partial charge in [-0.15, -0.1) is 11.3 Å². The maximum absolute atomic E-state index is 12.5. The Morgan fingerprint density at radius 2 is 1.88 bits per heavy atom. The average Bonchev–Trinajstić information content (AvgIpc) is 3.18.